The predicted molar refractivity (Wildman–Crippen MR) is 122 cm³/mol. The highest BCUT2D eigenvalue weighted by atomic mass is 79.9. The van der Waals surface area contributed by atoms with Gasteiger partial charge in [-0.15, -0.1) is 0 Å². The van der Waals surface area contributed by atoms with Crippen molar-refractivity contribution in [1.82, 2.24) is 9.55 Å². The van der Waals surface area contributed by atoms with Crippen molar-refractivity contribution in [1.29, 1.82) is 0 Å². The molecule has 1 aromatic heterocycles. The van der Waals surface area contributed by atoms with Crippen molar-refractivity contribution in [3.8, 4) is 0 Å². The molecule has 0 aliphatic carbocycles. The highest BCUT2D eigenvalue weighted by molar-refractivity contribution is 9.10. The molecule has 0 saturated carbocycles. The summed E-state index contributed by atoms with van der Waals surface area (Å²) in [5, 5.41) is 0. The molecule has 29 heavy (non-hydrogen) atoms. The lowest BCUT2D eigenvalue weighted by molar-refractivity contribution is 0.529. The topological polar surface area (TPSA) is 17.8 Å². The lowest BCUT2D eigenvalue weighted by Gasteiger charge is -2.38. The zero-order valence-electron chi connectivity index (χ0n) is 15.7. The van der Waals surface area contributed by atoms with Crippen molar-refractivity contribution in [2.24, 2.45) is 0 Å². The van der Waals surface area contributed by atoms with Crippen LogP contribution in [0.25, 0.3) is 11.0 Å². The van der Waals surface area contributed by atoms with Crippen LogP contribution in [0.4, 0.5) is 0 Å². The SMILES string of the molecule is Brc1cccc2c1ncn2C(c1ccccc1)(c1ccccc1)c1ccccc1. The van der Waals surface area contributed by atoms with E-state index in [9.17, 15) is 0 Å². The fraction of sp³-hybridized carbons (Fsp3) is 0.0385. The third-order valence-electron chi connectivity index (χ3n) is 5.46. The van der Waals surface area contributed by atoms with Crippen LogP contribution < -0.4 is 0 Å². The van der Waals surface area contributed by atoms with Gasteiger partial charge in [0.25, 0.3) is 0 Å². The van der Waals surface area contributed by atoms with Gasteiger partial charge in [0, 0.05) is 4.47 Å². The molecular formula is C26H19BrN2. The summed E-state index contributed by atoms with van der Waals surface area (Å²) in [5.74, 6) is 0. The molecule has 0 spiro atoms. The number of imidazole rings is 1. The average molecular weight is 439 g/mol. The van der Waals surface area contributed by atoms with E-state index >= 15 is 0 Å². The highest BCUT2D eigenvalue weighted by Gasteiger charge is 2.39. The van der Waals surface area contributed by atoms with Crippen molar-refractivity contribution in [2.75, 3.05) is 0 Å². The smallest absolute Gasteiger partial charge is 0.122 e. The number of fused-ring (bicyclic) bond motifs is 1. The van der Waals surface area contributed by atoms with Gasteiger partial charge in [-0.3, -0.25) is 0 Å². The minimum Gasteiger partial charge on any atom is -0.312 e. The maximum atomic E-state index is 4.78. The van der Waals surface area contributed by atoms with Crippen LogP contribution in [-0.4, -0.2) is 9.55 Å². The molecule has 0 aliphatic rings. The summed E-state index contributed by atoms with van der Waals surface area (Å²) in [6, 6.07) is 38.2. The van der Waals surface area contributed by atoms with E-state index in [1.165, 1.54) is 16.7 Å². The van der Waals surface area contributed by atoms with Gasteiger partial charge in [-0.2, -0.15) is 0 Å². The van der Waals surface area contributed by atoms with Gasteiger partial charge in [0.05, 0.1) is 11.8 Å². The van der Waals surface area contributed by atoms with Gasteiger partial charge in [-0.1, -0.05) is 97.1 Å². The lowest BCUT2D eigenvalue weighted by atomic mass is 9.76. The molecule has 0 saturated heterocycles. The van der Waals surface area contributed by atoms with Crippen LogP contribution in [-0.2, 0) is 5.54 Å². The summed E-state index contributed by atoms with van der Waals surface area (Å²) >= 11 is 3.67. The van der Waals surface area contributed by atoms with Crippen LogP contribution >= 0.6 is 15.9 Å². The molecule has 2 nitrogen and oxygen atoms in total. The first-order valence-electron chi connectivity index (χ1n) is 9.60. The normalized spacial score (nSPS) is 11.6. The zero-order chi connectivity index (χ0) is 19.7. The van der Waals surface area contributed by atoms with Crippen molar-refractivity contribution in [3.05, 3.63) is 137 Å². The van der Waals surface area contributed by atoms with Crippen molar-refractivity contribution in [2.45, 2.75) is 5.54 Å². The molecule has 1 heterocycles. The van der Waals surface area contributed by atoms with E-state index in [-0.39, 0.29) is 0 Å². The number of hydrogen-bond acceptors (Lipinski definition) is 1. The number of nitrogens with zero attached hydrogens (tertiary/aromatic N) is 2. The second kappa shape index (κ2) is 7.34. The van der Waals surface area contributed by atoms with Crippen molar-refractivity contribution < 1.29 is 0 Å². The molecule has 0 unspecified atom stereocenters. The maximum absolute atomic E-state index is 4.78. The number of rotatable bonds is 4. The molecule has 4 aromatic carbocycles. The van der Waals surface area contributed by atoms with E-state index in [1.807, 2.05) is 12.4 Å². The Morgan fingerprint density at radius 2 is 1.07 bits per heavy atom. The molecule has 3 heteroatoms. The van der Waals surface area contributed by atoms with Gasteiger partial charge in [-0.25, -0.2) is 4.98 Å². The molecule has 140 valence electrons. The largest absolute Gasteiger partial charge is 0.312 e. The summed E-state index contributed by atoms with van der Waals surface area (Å²) in [4.78, 5) is 4.78. The molecule has 0 N–H and O–H groups in total. The maximum Gasteiger partial charge on any atom is 0.122 e. The van der Waals surface area contributed by atoms with Gasteiger partial charge in [-0.05, 0) is 44.8 Å². The van der Waals surface area contributed by atoms with Gasteiger partial charge >= 0.3 is 0 Å². The van der Waals surface area contributed by atoms with Gasteiger partial charge < -0.3 is 4.57 Å². The van der Waals surface area contributed by atoms with Gasteiger partial charge in [0.15, 0.2) is 0 Å². The molecule has 5 rings (SSSR count). The summed E-state index contributed by atoms with van der Waals surface area (Å²) in [5.41, 5.74) is 5.07. The first-order chi connectivity index (χ1) is 14.3. The number of para-hydroxylation sites is 1. The fourth-order valence-electron chi connectivity index (χ4n) is 4.23. The minimum absolute atomic E-state index is 0.542. The van der Waals surface area contributed by atoms with Crippen LogP contribution in [0, 0.1) is 0 Å². The molecule has 5 aromatic rings. The van der Waals surface area contributed by atoms with E-state index in [0.717, 1.165) is 15.5 Å². The minimum atomic E-state index is -0.542. The molecule has 0 radical (unpaired) electrons. The van der Waals surface area contributed by atoms with Crippen molar-refractivity contribution >= 4 is 27.0 Å². The van der Waals surface area contributed by atoms with E-state index in [4.69, 9.17) is 4.98 Å². The molecular weight excluding hydrogens is 420 g/mol. The fourth-order valence-corrected chi connectivity index (χ4v) is 4.68. The van der Waals surface area contributed by atoms with Crippen LogP contribution in [0.3, 0.4) is 0 Å². The van der Waals surface area contributed by atoms with Crippen LogP contribution in [0.1, 0.15) is 16.7 Å². The Morgan fingerprint density at radius 3 is 1.55 bits per heavy atom. The first kappa shape index (κ1) is 17.9. The van der Waals surface area contributed by atoms with E-state index in [2.05, 4.69) is 124 Å². The third kappa shape index (κ3) is 2.81. The molecule has 0 aliphatic heterocycles. The Morgan fingerprint density at radius 1 is 0.586 bits per heavy atom. The van der Waals surface area contributed by atoms with Crippen LogP contribution in [0.15, 0.2) is 120 Å². The average Bonchev–Trinajstić information content (AvgIpc) is 3.23. The predicted octanol–water partition coefficient (Wildman–Crippen LogP) is 6.64. The Labute approximate surface area is 178 Å². The third-order valence-corrected chi connectivity index (χ3v) is 6.10. The second-order valence-corrected chi connectivity index (χ2v) is 7.88. The monoisotopic (exact) mass is 438 g/mol. The van der Waals surface area contributed by atoms with Gasteiger partial charge in [0.2, 0.25) is 0 Å². The summed E-state index contributed by atoms with van der Waals surface area (Å²) < 4.78 is 3.30. The Balaban J connectivity index is 1.97. The van der Waals surface area contributed by atoms with Crippen LogP contribution in [0.5, 0.6) is 0 Å². The van der Waals surface area contributed by atoms with E-state index in [1.54, 1.807) is 0 Å². The Bertz CT molecular complexity index is 1150. The molecule has 0 bridgehead atoms. The molecule has 0 amide bonds. The lowest BCUT2D eigenvalue weighted by Crippen LogP contribution is -2.37. The first-order valence-corrected chi connectivity index (χ1v) is 10.4. The summed E-state index contributed by atoms with van der Waals surface area (Å²) in [7, 11) is 0. The number of halogens is 1. The number of aromatic nitrogens is 2. The summed E-state index contributed by atoms with van der Waals surface area (Å²) in [6.45, 7) is 0. The second-order valence-electron chi connectivity index (χ2n) is 7.03. The number of hydrogen-bond donors (Lipinski definition) is 0. The van der Waals surface area contributed by atoms with E-state index in [0.29, 0.717) is 0 Å². The summed E-state index contributed by atoms with van der Waals surface area (Å²) in [6.07, 6.45) is 1.96. The Hall–Kier alpha value is -3.17. The number of benzene rings is 4. The van der Waals surface area contributed by atoms with Crippen molar-refractivity contribution in [3.63, 3.8) is 0 Å². The molecule has 0 fully saturated rings. The standard InChI is InChI=1S/C26H19BrN2/c27-23-17-10-18-24-25(23)28-19-29(24)26(20-11-4-1-5-12-20,21-13-6-2-7-14-21)22-15-8-3-9-16-22/h1-19H. The highest BCUT2D eigenvalue weighted by Crippen LogP contribution is 2.42. The molecule has 0 atom stereocenters. The Kier molecular flexibility index (Phi) is 4.53. The van der Waals surface area contributed by atoms with E-state index < -0.39 is 5.54 Å². The zero-order valence-corrected chi connectivity index (χ0v) is 17.3. The van der Waals surface area contributed by atoms with Gasteiger partial charge in [0.1, 0.15) is 11.1 Å². The quantitative estimate of drug-likeness (QED) is 0.287. The van der Waals surface area contributed by atoms with Crippen LogP contribution in [0.2, 0.25) is 0 Å².